The predicted molar refractivity (Wildman–Crippen MR) is 123 cm³/mol. The molecular formula is C24H26N2O5S. The van der Waals surface area contributed by atoms with Crippen LogP contribution in [0.4, 0.5) is 10.5 Å². The molecule has 0 unspecified atom stereocenters. The molecule has 8 heteroatoms. The number of aromatic nitrogens is 1. The zero-order valence-electron chi connectivity index (χ0n) is 18.2. The van der Waals surface area contributed by atoms with Crippen LogP contribution in [0.2, 0.25) is 0 Å². The summed E-state index contributed by atoms with van der Waals surface area (Å²) in [4.78, 5) is 30.5. The van der Waals surface area contributed by atoms with Crippen LogP contribution in [0, 0.1) is 12.8 Å². The third kappa shape index (κ3) is 5.02. The summed E-state index contributed by atoms with van der Waals surface area (Å²) >= 11 is 1.60. The number of anilines is 1. The van der Waals surface area contributed by atoms with E-state index in [0.717, 1.165) is 46.5 Å². The lowest BCUT2D eigenvalue weighted by Gasteiger charge is -2.23. The van der Waals surface area contributed by atoms with Crippen LogP contribution in [0.3, 0.4) is 0 Å². The fourth-order valence-corrected chi connectivity index (χ4v) is 4.77. The van der Waals surface area contributed by atoms with Gasteiger partial charge in [-0.2, -0.15) is 0 Å². The Morgan fingerprint density at radius 2 is 1.94 bits per heavy atom. The highest BCUT2D eigenvalue weighted by Crippen LogP contribution is 2.29. The number of aryl methyl sites for hydroxylation is 1. The SMILES string of the molecule is COC(=O)N(COC(=O)C1CCCC1)c1ccc(OCc2nc3ccccc3s2)cc1C. The van der Waals surface area contributed by atoms with E-state index in [9.17, 15) is 9.59 Å². The summed E-state index contributed by atoms with van der Waals surface area (Å²) in [5.74, 6) is 0.331. The Bertz CT molecular complexity index is 1070. The van der Waals surface area contributed by atoms with Gasteiger partial charge in [0.15, 0.2) is 6.73 Å². The number of fused-ring (bicyclic) bond motifs is 1. The average molecular weight is 455 g/mol. The standard InChI is InChI=1S/C24H26N2O5S/c1-16-13-18(30-14-22-25-19-9-5-6-10-21(19)32-22)11-12-20(16)26(24(28)29-2)15-31-23(27)17-7-3-4-8-17/h5-6,9-13,17H,3-4,7-8,14-15H2,1-2H3. The predicted octanol–water partition coefficient (Wildman–Crippen LogP) is 5.45. The molecule has 4 rings (SSSR count). The fourth-order valence-electron chi connectivity index (χ4n) is 3.89. The molecule has 7 nitrogen and oxygen atoms in total. The summed E-state index contributed by atoms with van der Waals surface area (Å²) in [7, 11) is 1.30. The van der Waals surface area contributed by atoms with E-state index in [-0.39, 0.29) is 18.6 Å². The van der Waals surface area contributed by atoms with Crippen molar-refractivity contribution in [3.8, 4) is 5.75 Å². The van der Waals surface area contributed by atoms with Gasteiger partial charge in [0.2, 0.25) is 0 Å². The summed E-state index contributed by atoms with van der Waals surface area (Å²) in [6.07, 6.45) is 3.18. The molecule has 2 aromatic carbocycles. The molecule has 1 fully saturated rings. The van der Waals surface area contributed by atoms with Gasteiger partial charge < -0.3 is 14.2 Å². The first kappa shape index (κ1) is 22.1. The summed E-state index contributed by atoms with van der Waals surface area (Å²) in [6, 6.07) is 13.4. The van der Waals surface area contributed by atoms with Crippen molar-refractivity contribution in [1.29, 1.82) is 0 Å². The van der Waals surface area contributed by atoms with Gasteiger partial charge in [-0.15, -0.1) is 11.3 Å². The number of thiazole rings is 1. The quantitative estimate of drug-likeness (QED) is 0.349. The van der Waals surface area contributed by atoms with Crippen LogP contribution < -0.4 is 9.64 Å². The number of nitrogens with zero attached hydrogens (tertiary/aromatic N) is 2. The summed E-state index contributed by atoms with van der Waals surface area (Å²) in [5.41, 5.74) is 2.36. The number of hydrogen-bond donors (Lipinski definition) is 0. The highest BCUT2D eigenvalue weighted by atomic mass is 32.1. The van der Waals surface area contributed by atoms with Crippen molar-refractivity contribution in [3.63, 3.8) is 0 Å². The number of para-hydroxylation sites is 1. The summed E-state index contributed by atoms with van der Waals surface area (Å²) in [5, 5.41) is 0.892. The summed E-state index contributed by atoms with van der Waals surface area (Å²) < 4.78 is 17.4. The number of methoxy groups -OCH3 is 1. The topological polar surface area (TPSA) is 78.0 Å². The molecule has 1 heterocycles. The van der Waals surface area contributed by atoms with Crippen molar-refractivity contribution in [1.82, 2.24) is 4.98 Å². The largest absolute Gasteiger partial charge is 0.486 e. The van der Waals surface area contributed by atoms with Crippen molar-refractivity contribution in [2.45, 2.75) is 39.2 Å². The Morgan fingerprint density at radius 3 is 2.66 bits per heavy atom. The number of amides is 1. The first-order valence-corrected chi connectivity index (χ1v) is 11.5. The van der Waals surface area contributed by atoms with Crippen molar-refractivity contribution in [2.24, 2.45) is 5.92 Å². The molecule has 1 amide bonds. The molecule has 0 bridgehead atoms. The number of hydrogen-bond acceptors (Lipinski definition) is 7. The van der Waals surface area contributed by atoms with Crippen LogP contribution in [0.5, 0.6) is 5.75 Å². The zero-order valence-corrected chi connectivity index (χ0v) is 19.0. The van der Waals surface area contributed by atoms with E-state index in [1.54, 1.807) is 23.5 Å². The summed E-state index contributed by atoms with van der Waals surface area (Å²) in [6.45, 7) is 2.04. The van der Waals surface area contributed by atoms with Crippen molar-refractivity contribution in [3.05, 3.63) is 53.0 Å². The number of benzene rings is 2. The maximum absolute atomic E-state index is 12.4. The maximum atomic E-state index is 12.4. The van der Waals surface area contributed by atoms with E-state index in [4.69, 9.17) is 14.2 Å². The number of ether oxygens (including phenoxy) is 3. The maximum Gasteiger partial charge on any atom is 0.416 e. The van der Waals surface area contributed by atoms with Gasteiger partial charge in [0, 0.05) is 0 Å². The van der Waals surface area contributed by atoms with Gasteiger partial charge >= 0.3 is 12.1 Å². The van der Waals surface area contributed by atoms with E-state index in [2.05, 4.69) is 4.98 Å². The Labute approximate surface area is 190 Å². The molecule has 0 radical (unpaired) electrons. The number of carbonyl (C=O) groups excluding carboxylic acids is 2. The van der Waals surface area contributed by atoms with E-state index < -0.39 is 6.09 Å². The molecule has 168 valence electrons. The Balaban J connectivity index is 1.42. The Morgan fingerprint density at radius 1 is 1.16 bits per heavy atom. The Kier molecular flexibility index (Phi) is 6.90. The normalized spacial score (nSPS) is 13.8. The van der Waals surface area contributed by atoms with Crippen LogP contribution >= 0.6 is 11.3 Å². The van der Waals surface area contributed by atoms with Crippen molar-refractivity contribution in [2.75, 3.05) is 18.7 Å². The number of esters is 1. The molecule has 0 saturated heterocycles. The molecule has 0 N–H and O–H groups in total. The highest BCUT2D eigenvalue weighted by Gasteiger charge is 2.26. The van der Waals surface area contributed by atoms with Crippen molar-refractivity contribution >= 4 is 39.3 Å². The van der Waals surface area contributed by atoms with E-state index in [0.29, 0.717) is 18.0 Å². The highest BCUT2D eigenvalue weighted by molar-refractivity contribution is 7.18. The third-order valence-electron chi connectivity index (χ3n) is 5.58. The van der Waals surface area contributed by atoms with Gasteiger partial charge in [-0.05, 0) is 55.7 Å². The minimum absolute atomic E-state index is 0.0751. The van der Waals surface area contributed by atoms with Crippen LogP contribution in [0.15, 0.2) is 42.5 Å². The van der Waals surface area contributed by atoms with E-state index >= 15 is 0 Å². The first-order valence-electron chi connectivity index (χ1n) is 10.6. The monoisotopic (exact) mass is 454 g/mol. The van der Waals surface area contributed by atoms with Crippen LogP contribution in [-0.4, -0.2) is 30.9 Å². The van der Waals surface area contributed by atoms with Gasteiger partial charge in [-0.1, -0.05) is 25.0 Å². The van der Waals surface area contributed by atoms with E-state index in [1.807, 2.05) is 37.3 Å². The molecule has 0 aliphatic heterocycles. The minimum atomic E-state index is -0.588. The molecule has 1 aliphatic rings. The second kappa shape index (κ2) is 9.99. The molecule has 1 aliphatic carbocycles. The van der Waals surface area contributed by atoms with Crippen molar-refractivity contribution < 1.29 is 23.8 Å². The van der Waals surface area contributed by atoms with Gasteiger partial charge in [-0.25, -0.2) is 14.7 Å². The van der Waals surface area contributed by atoms with Crippen LogP contribution in [0.25, 0.3) is 10.2 Å². The number of carbonyl (C=O) groups is 2. The van der Waals surface area contributed by atoms with Crippen LogP contribution in [-0.2, 0) is 20.9 Å². The zero-order chi connectivity index (χ0) is 22.5. The van der Waals surface area contributed by atoms with E-state index in [1.165, 1.54) is 12.0 Å². The van der Waals surface area contributed by atoms with Gasteiger partial charge in [0.05, 0.1) is 28.9 Å². The van der Waals surface area contributed by atoms with Gasteiger partial charge in [0.25, 0.3) is 0 Å². The lowest BCUT2D eigenvalue weighted by atomic mass is 10.1. The Hall–Kier alpha value is -3.13. The fraction of sp³-hybridized carbons (Fsp3) is 0.375. The smallest absolute Gasteiger partial charge is 0.416 e. The van der Waals surface area contributed by atoms with Gasteiger partial charge in [-0.3, -0.25) is 4.79 Å². The second-order valence-electron chi connectivity index (χ2n) is 7.78. The molecule has 32 heavy (non-hydrogen) atoms. The first-order chi connectivity index (χ1) is 15.5. The average Bonchev–Trinajstić information content (AvgIpc) is 3.48. The van der Waals surface area contributed by atoms with Crippen LogP contribution in [0.1, 0.15) is 36.3 Å². The molecule has 1 aromatic heterocycles. The molecular weight excluding hydrogens is 428 g/mol. The lowest BCUT2D eigenvalue weighted by Crippen LogP contribution is -2.35. The molecule has 0 spiro atoms. The minimum Gasteiger partial charge on any atom is -0.486 e. The lowest BCUT2D eigenvalue weighted by molar-refractivity contribution is -0.148. The molecule has 0 atom stereocenters. The molecule has 1 saturated carbocycles. The number of rotatable bonds is 7. The second-order valence-corrected chi connectivity index (χ2v) is 8.90. The third-order valence-corrected chi connectivity index (χ3v) is 6.59. The van der Waals surface area contributed by atoms with Gasteiger partial charge in [0.1, 0.15) is 17.4 Å². The molecule has 3 aromatic rings.